The Hall–Kier alpha value is 1.11. The molecule has 0 spiro atoms. The molecule has 0 amide bonds. The fourth-order valence-corrected chi connectivity index (χ4v) is 1.84. The van der Waals surface area contributed by atoms with Gasteiger partial charge in [0.15, 0.2) is 0 Å². The van der Waals surface area contributed by atoms with Crippen molar-refractivity contribution in [2.24, 2.45) is 0 Å². The van der Waals surface area contributed by atoms with Gasteiger partial charge in [-0.15, -0.1) is 0 Å². The van der Waals surface area contributed by atoms with Crippen molar-refractivity contribution in [3.05, 3.63) is 0 Å². The molecule has 0 bridgehead atoms. The van der Waals surface area contributed by atoms with Gasteiger partial charge in [-0.3, -0.25) is 0 Å². The molecule has 0 aromatic rings. The van der Waals surface area contributed by atoms with E-state index in [0.29, 0.717) is 5.75 Å². The van der Waals surface area contributed by atoms with E-state index in [-0.39, 0.29) is 4.12 Å². The topological polar surface area (TPSA) is 20.2 Å². The summed E-state index contributed by atoms with van der Waals surface area (Å²) in [7, 11) is 0. The molecule has 3 heteroatoms. The Morgan fingerprint density at radius 3 is 2.50 bits per heavy atom. The molecule has 0 saturated carbocycles. The van der Waals surface area contributed by atoms with Crippen molar-refractivity contribution in [3.63, 3.8) is 0 Å². The van der Waals surface area contributed by atoms with E-state index in [2.05, 4.69) is 17.6 Å². The summed E-state index contributed by atoms with van der Waals surface area (Å²) in [6.45, 7) is 0. The first-order chi connectivity index (χ1) is 2.81. The van der Waals surface area contributed by atoms with Gasteiger partial charge in [-0.1, -0.05) is 0 Å². The van der Waals surface area contributed by atoms with Crippen LogP contribution in [0, 0.1) is 0 Å². The molecular weight excluding hydrogens is 203 g/mol. The molecule has 0 aromatic heterocycles. The number of aliphatic hydroxyl groups is 1. The molecule has 0 rings (SSSR count). The Morgan fingerprint density at radius 1 is 2.00 bits per heavy atom. The molecule has 0 saturated heterocycles. The van der Waals surface area contributed by atoms with Gasteiger partial charge >= 0.3 is 53.7 Å². The molecule has 0 fully saturated rings. The third kappa shape index (κ3) is 3.30. The molecule has 0 aliphatic rings. The number of rotatable bonds is 2. The van der Waals surface area contributed by atoms with Crippen LogP contribution in [0.15, 0.2) is 0 Å². The number of hydrogen-bond acceptors (Lipinski definition) is 2. The first-order valence-corrected chi connectivity index (χ1v) is 6.91. The van der Waals surface area contributed by atoms with Gasteiger partial charge in [0.1, 0.15) is 0 Å². The molecule has 1 N–H and O–H groups in total. The summed E-state index contributed by atoms with van der Waals surface area (Å²) < 4.78 is -0.0306. The molecule has 36 valence electrons. The molecule has 1 nitrogen and oxygen atoms in total. The Labute approximate surface area is 53.8 Å². The molecule has 2 radical (unpaired) electrons. The van der Waals surface area contributed by atoms with E-state index in [4.69, 9.17) is 5.11 Å². The van der Waals surface area contributed by atoms with Crippen LogP contribution < -0.4 is 0 Å². The zero-order valence-corrected chi connectivity index (χ0v) is 7.43. The fourth-order valence-electron chi connectivity index (χ4n) is 0.0913. The Morgan fingerprint density at radius 2 is 2.50 bits per heavy atom. The maximum atomic E-state index is 8.67. The zero-order valence-electron chi connectivity index (χ0n) is 3.68. The van der Waals surface area contributed by atoms with Gasteiger partial charge in [-0.25, -0.2) is 0 Å². The van der Waals surface area contributed by atoms with E-state index in [1.165, 1.54) is 0 Å². The van der Waals surface area contributed by atoms with Gasteiger partial charge < -0.3 is 0 Å². The monoisotopic (exact) mass is 212 g/mol. The van der Waals surface area contributed by atoms with Crippen LogP contribution in [-0.2, 0) is 0 Å². The average Bonchev–Trinajstić information content (AvgIpc) is 1.65. The number of hydrogen-bond donors (Lipinski definition) is 2. The first-order valence-electron chi connectivity index (χ1n) is 1.77. The molecule has 1 unspecified atom stereocenters. The van der Waals surface area contributed by atoms with Crippen LogP contribution in [0.2, 0.25) is 4.94 Å². The predicted octanol–water partition coefficient (Wildman–Crippen LogP) is -0.0131. The van der Waals surface area contributed by atoms with Crippen molar-refractivity contribution in [1.82, 2.24) is 0 Å². The molecule has 0 aromatic carbocycles. The van der Waals surface area contributed by atoms with E-state index in [9.17, 15) is 0 Å². The Balaban J connectivity index is 2.75. The van der Waals surface area contributed by atoms with Crippen molar-refractivity contribution in [1.29, 1.82) is 0 Å². The Kier molecular flexibility index (Phi) is 5.06. The van der Waals surface area contributed by atoms with E-state index in [0.717, 1.165) is 0 Å². The number of aliphatic hydroxyl groups excluding tert-OH is 1. The quantitative estimate of drug-likeness (QED) is 0.486. The summed E-state index contributed by atoms with van der Waals surface area (Å²) in [6, 6.07) is 0. The average molecular weight is 211 g/mol. The second-order valence-electron chi connectivity index (χ2n) is 0.987. The number of thiol groups is 1. The van der Waals surface area contributed by atoms with Crippen molar-refractivity contribution >= 4 is 33.8 Å². The van der Waals surface area contributed by atoms with Crippen LogP contribution >= 0.6 is 12.6 Å². The normalized spacial score (nSPS) is 14.5. The van der Waals surface area contributed by atoms with Gasteiger partial charge in [-0.05, 0) is 0 Å². The van der Waals surface area contributed by atoms with E-state index >= 15 is 0 Å². The van der Waals surface area contributed by atoms with Crippen molar-refractivity contribution in [2.45, 2.75) is 9.06 Å². The summed E-state index contributed by atoms with van der Waals surface area (Å²) in [6.07, 6.45) is 0. The second kappa shape index (κ2) is 4.27. The molecule has 6 heavy (non-hydrogen) atoms. The molecule has 0 aliphatic carbocycles. The first kappa shape index (κ1) is 7.11. The van der Waals surface area contributed by atoms with Gasteiger partial charge in [0.05, 0.1) is 0 Å². The summed E-state index contributed by atoms with van der Waals surface area (Å²) in [5.74, 6) is 0.655. The minimum absolute atomic E-state index is 0.0306. The third-order valence-corrected chi connectivity index (χ3v) is 4.32. The van der Waals surface area contributed by atoms with Gasteiger partial charge in [0, 0.05) is 0 Å². The standard InChI is InChI=1S/C2H5OS.CH3.Sn/c3-1-2-4;;/h1,3-4H,2H2;1H3;. The third-order valence-electron chi connectivity index (χ3n) is 0.506. The van der Waals surface area contributed by atoms with Crippen molar-refractivity contribution < 1.29 is 5.11 Å². The Bertz CT molecular complexity index is 30.0. The van der Waals surface area contributed by atoms with Crippen molar-refractivity contribution in [3.8, 4) is 0 Å². The summed E-state index contributed by atoms with van der Waals surface area (Å²) in [5, 5.41) is 8.67. The molecule has 0 heterocycles. The van der Waals surface area contributed by atoms with E-state index < -0.39 is 21.1 Å². The van der Waals surface area contributed by atoms with Gasteiger partial charge in [0.2, 0.25) is 0 Å². The van der Waals surface area contributed by atoms with Crippen LogP contribution in [0.4, 0.5) is 0 Å². The SMILES string of the molecule is [CH3][Sn][CH](O)CS. The van der Waals surface area contributed by atoms with E-state index in [1.807, 2.05) is 0 Å². The van der Waals surface area contributed by atoms with Crippen LogP contribution in [-0.4, -0.2) is 36.1 Å². The molecule has 1 atom stereocenters. The zero-order chi connectivity index (χ0) is 4.99. The fraction of sp³-hybridized carbons (Fsp3) is 1.00. The maximum absolute atomic E-state index is 8.67. The molecule has 0 aliphatic heterocycles. The summed E-state index contributed by atoms with van der Waals surface area (Å²) >= 11 is 3.48. The predicted molar refractivity (Wildman–Crippen MR) is 31.5 cm³/mol. The van der Waals surface area contributed by atoms with Gasteiger partial charge in [0.25, 0.3) is 0 Å². The molecular formula is C3H8OSSn. The summed E-state index contributed by atoms with van der Waals surface area (Å²) in [5.41, 5.74) is 0. The van der Waals surface area contributed by atoms with Crippen LogP contribution in [0.1, 0.15) is 0 Å². The van der Waals surface area contributed by atoms with Crippen LogP contribution in [0.5, 0.6) is 0 Å². The van der Waals surface area contributed by atoms with Crippen molar-refractivity contribution in [2.75, 3.05) is 5.75 Å². The second-order valence-corrected chi connectivity index (χ2v) is 4.90. The van der Waals surface area contributed by atoms with E-state index in [1.54, 1.807) is 0 Å². The van der Waals surface area contributed by atoms with Gasteiger partial charge in [-0.2, -0.15) is 0 Å². The van der Waals surface area contributed by atoms with Crippen LogP contribution in [0.25, 0.3) is 0 Å². The van der Waals surface area contributed by atoms with Crippen LogP contribution in [0.3, 0.4) is 0 Å². The summed E-state index contributed by atoms with van der Waals surface area (Å²) in [4.78, 5) is 2.10. The minimum atomic E-state index is -0.405.